The van der Waals surface area contributed by atoms with Crippen LogP contribution >= 0.6 is 0 Å². The molecule has 2 heteroatoms. The van der Waals surface area contributed by atoms with Gasteiger partial charge in [0.1, 0.15) is 0 Å². The van der Waals surface area contributed by atoms with Crippen molar-refractivity contribution in [1.82, 2.24) is 4.90 Å². The smallest absolute Gasteiger partial charge is 0.225 e. The van der Waals surface area contributed by atoms with Gasteiger partial charge in [0.2, 0.25) is 5.91 Å². The third-order valence-corrected chi connectivity index (χ3v) is 5.66. The van der Waals surface area contributed by atoms with Crippen LogP contribution < -0.4 is 0 Å². The molecule has 1 aromatic rings. The van der Waals surface area contributed by atoms with Gasteiger partial charge in [-0.1, -0.05) is 39.0 Å². The molecule has 1 aromatic carbocycles. The number of fused-ring (bicyclic) bond motifs is 1. The first kappa shape index (κ1) is 15.6. The highest BCUT2D eigenvalue weighted by atomic mass is 16.2. The van der Waals surface area contributed by atoms with Crippen LogP contribution in [0.25, 0.3) is 0 Å². The van der Waals surface area contributed by atoms with Gasteiger partial charge in [-0.2, -0.15) is 0 Å². The maximum atomic E-state index is 12.1. The molecule has 2 aliphatic rings. The summed E-state index contributed by atoms with van der Waals surface area (Å²) in [6, 6.07) is 7.11. The van der Waals surface area contributed by atoms with Crippen LogP contribution in [0.4, 0.5) is 0 Å². The van der Waals surface area contributed by atoms with Gasteiger partial charge in [-0.25, -0.2) is 0 Å². The van der Waals surface area contributed by atoms with Gasteiger partial charge in [0.15, 0.2) is 0 Å². The van der Waals surface area contributed by atoms with Gasteiger partial charge in [0, 0.05) is 19.0 Å². The van der Waals surface area contributed by atoms with E-state index in [9.17, 15) is 4.79 Å². The summed E-state index contributed by atoms with van der Waals surface area (Å²) in [4.78, 5) is 14.2. The maximum Gasteiger partial charge on any atom is 0.225 e. The van der Waals surface area contributed by atoms with E-state index in [0.29, 0.717) is 5.91 Å². The van der Waals surface area contributed by atoms with E-state index in [1.54, 1.807) is 11.1 Å². The van der Waals surface area contributed by atoms with E-state index in [-0.39, 0.29) is 5.92 Å². The first-order chi connectivity index (χ1) is 10.6. The Balaban J connectivity index is 1.68. The second-order valence-electron chi connectivity index (χ2n) is 7.35. The molecule has 0 aromatic heterocycles. The molecule has 1 saturated heterocycles. The summed E-state index contributed by atoms with van der Waals surface area (Å²) >= 11 is 0. The summed E-state index contributed by atoms with van der Waals surface area (Å²) in [5.74, 6) is 1.97. The lowest BCUT2D eigenvalue weighted by Crippen LogP contribution is -2.41. The zero-order valence-electron chi connectivity index (χ0n) is 14.3. The van der Waals surface area contributed by atoms with Gasteiger partial charge in [-0.05, 0) is 60.6 Å². The average Bonchev–Trinajstić information content (AvgIpc) is 2.97. The van der Waals surface area contributed by atoms with Gasteiger partial charge >= 0.3 is 0 Å². The highest BCUT2D eigenvalue weighted by molar-refractivity contribution is 5.78. The van der Waals surface area contributed by atoms with Gasteiger partial charge in [-0.15, -0.1) is 0 Å². The number of aryl methyl sites for hydroxylation is 2. The van der Waals surface area contributed by atoms with E-state index in [1.165, 1.54) is 31.2 Å². The lowest BCUT2D eigenvalue weighted by molar-refractivity contribution is -0.135. The van der Waals surface area contributed by atoms with Crippen molar-refractivity contribution in [3.8, 4) is 0 Å². The molecule has 0 spiro atoms. The molecule has 22 heavy (non-hydrogen) atoms. The fourth-order valence-corrected chi connectivity index (χ4v) is 4.28. The minimum atomic E-state index is 0.135. The fraction of sp³-hybridized carbons (Fsp3) is 0.650. The Morgan fingerprint density at radius 2 is 1.95 bits per heavy atom. The first-order valence-corrected chi connectivity index (χ1v) is 9.00. The summed E-state index contributed by atoms with van der Waals surface area (Å²) in [7, 11) is 0. The molecule has 2 nitrogen and oxygen atoms in total. The van der Waals surface area contributed by atoms with Crippen LogP contribution in [0.5, 0.6) is 0 Å². The van der Waals surface area contributed by atoms with E-state index in [4.69, 9.17) is 0 Å². The van der Waals surface area contributed by atoms with Gasteiger partial charge < -0.3 is 4.90 Å². The number of carbonyl (C=O) groups excluding carboxylic acids is 1. The van der Waals surface area contributed by atoms with Crippen molar-refractivity contribution < 1.29 is 4.79 Å². The number of hydrogen-bond donors (Lipinski definition) is 0. The molecule has 0 saturated carbocycles. The van der Waals surface area contributed by atoms with Crippen LogP contribution in [-0.4, -0.2) is 23.9 Å². The topological polar surface area (TPSA) is 20.3 Å². The number of amides is 1. The molecule has 1 unspecified atom stereocenters. The molecule has 0 radical (unpaired) electrons. The molecule has 1 atom stereocenters. The van der Waals surface area contributed by atoms with Gasteiger partial charge in [-0.3, -0.25) is 4.79 Å². The highest BCUT2D eigenvalue weighted by Gasteiger charge is 2.33. The Labute approximate surface area is 134 Å². The van der Waals surface area contributed by atoms with Crippen LogP contribution in [0.15, 0.2) is 18.2 Å². The number of benzene rings is 1. The number of piperidine rings is 1. The molecule has 1 heterocycles. The number of carbonyl (C=O) groups is 1. The van der Waals surface area contributed by atoms with Crippen molar-refractivity contribution in [3.63, 3.8) is 0 Å². The molecule has 1 amide bonds. The normalized spacial score (nSPS) is 22.2. The van der Waals surface area contributed by atoms with E-state index in [0.717, 1.165) is 31.3 Å². The SMILES string of the molecule is CCc1ccc2c(c1)C(C1CCN(C(=O)C(C)C)CC1)CC2. The second kappa shape index (κ2) is 6.44. The van der Waals surface area contributed by atoms with E-state index in [1.807, 2.05) is 13.8 Å². The molecule has 3 rings (SSSR count). The minimum Gasteiger partial charge on any atom is -0.342 e. The Morgan fingerprint density at radius 1 is 1.23 bits per heavy atom. The van der Waals surface area contributed by atoms with Crippen LogP contribution in [0.3, 0.4) is 0 Å². The lowest BCUT2D eigenvalue weighted by atomic mass is 9.80. The zero-order valence-corrected chi connectivity index (χ0v) is 14.3. The molecular weight excluding hydrogens is 270 g/mol. The van der Waals surface area contributed by atoms with Crippen LogP contribution in [0.2, 0.25) is 0 Å². The van der Waals surface area contributed by atoms with Gasteiger partial charge in [0.05, 0.1) is 0 Å². The average molecular weight is 299 g/mol. The largest absolute Gasteiger partial charge is 0.342 e. The first-order valence-electron chi connectivity index (χ1n) is 9.00. The number of nitrogens with zero attached hydrogens (tertiary/aromatic N) is 1. The Hall–Kier alpha value is -1.31. The van der Waals surface area contributed by atoms with Crippen molar-refractivity contribution >= 4 is 5.91 Å². The van der Waals surface area contributed by atoms with Crippen LogP contribution in [0.1, 0.15) is 62.6 Å². The highest BCUT2D eigenvalue weighted by Crippen LogP contribution is 2.42. The Bertz CT molecular complexity index is 541. The molecule has 0 bridgehead atoms. The quantitative estimate of drug-likeness (QED) is 0.820. The van der Waals surface area contributed by atoms with Crippen LogP contribution in [-0.2, 0) is 17.6 Å². The summed E-state index contributed by atoms with van der Waals surface area (Å²) in [5.41, 5.74) is 4.66. The van der Waals surface area contributed by atoms with Gasteiger partial charge in [0.25, 0.3) is 0 Å². The van der Waals surface area contributed by atoms with Crippen molar-refractivity contribution in [3.05, 3.63) is 34.9 Å². The Kier molecular flexibility index (Phi) is 4.56. The summed E-state index contributed by atoms with van der Waals surface area (Å²) in [6.45, 7) is 8.17. The fourth-order valence-electron chi connectivity index (χ4n) is 4.28. The summed E-state index contributed by atoms with van der Waals surface area (Å²) in [5, 5.41) is 0. The van der Waals surface area contributed by atoms with E-state index < -0.39 is 0 Å². The zero-order chi connectivity index (χ0) is 15.7. The summed E-state index contributed by atoms with van der Waals surface area (Å²) in [6.07, 6.45) is 6.04. The van der Waals surface area contributed by atoms with Crippen molar-refractivity contribution in [2.45, 2.75) is 58.8 Å². The standard InChI is InChI=1S/C20H29NO/c1-4-15-5-6-16-7-8-18(19(16)13-15)17-9-11-21(12-10-17)20(22)14(2)3/h5-6,13-14,17-18H,4,7-12H2,1-3H3. The predicted molar refractivity (Wildman–Crippen MR) is 91.0 cm³/mol. The summed E-state index contributed by atoms with van der Waals surface area (Å²) < 4.78 is 0. The van der Waals surface area contributed by atoms with E-state index >= 15 is 0 Å². The molecular formula is C20H29NO. The monoisotopic (exact) mass is 299 g/mol. The second-order valence-corrected chi connectivity index (χ2v) is 7.35. The maximum absolute atomic E-state index is 12.1. The van der Waals surface area contributed by atoms with Crippen molar-refractivity contribution in [2.24, 2.45) is 11.8 Å². The molecule has 1 aliphatic heterocycles. The molecule has 120 valence electrons. The Morgan fingerprint density at radius 3 is 2.59 bits per heavy atom. The number of rotatable bonds is 3. The lowest BCUT2D eigenvalue weighted by Gasteiger charge is -2.36. The molecule has 1 fully saturated rings. The van der Waals surface area contributed by atoms with Crippen molar-refractivity contribution in [1.29, 1.82) is 0 Å². The molecule has 1 aliphatic carbocycles. The van der Waals surface area contributed by atoms with Crippen molar-refractivity contribution in [2.75, 3.05) is 13.1 Å². The predicted octanol–water partition coefficient (Wildman–Crippen LogP) is 4.17. The van der Waals surface area contributed by atoms with Crippen LogP contribution in [0, 0.1) is 11.8 Å². The number of hydrogen-bond acceptors (Lipinski definition) is 1. The molecule has 0 N–H and O–H groups in total. The van der Waals surface area contributed by atoms with E-state index in [2.05, 4.69) is 30.0 Å². The number of likely N-dealkylation sites (tertiary alicyclic amines) is 1. The minimum absolute atomic E-state index is 0.135. The third kappa shape index (κ3) is 2.93. The third-order valence-electron chi connectivity index (χ3n) is 5.66.